The highest BCUT2D eigenvalue weighted by Crippen LogP contribution is 2.29. The number of carbonyl (C=O) groups is 1. The molecule has 112 valence electrons. The minimum Gasteiger partial charge on any atom is -0.339 e. The van der Waals surface area contributed by atoms with E-state index in [9.17, 15) is 4.79 Å². The summed E-state index contributed by atoms with van der Waals surface area (Å²) in [5.74, 6) is 2.84. The van der Waals surface area contributed by atoms with Crippen LogP contribution in [0.25, 0.3) is 0 Å². The molecule has 1 amide bonds. The number of allylic oxidation sites excluding steroid dienone is 3. The smallest absolute Gasteiger partial charge is 0.246 e. The van der Waals surface area contributed by atoms with Crippen LogP contribution in [0.4, 0.5) is 0 Å². The fourth-order valence-electron chi connectivity index (χ4n) is 3.19. The number of amides is 1. The van der Waals surface area contributed by atoms with Crippen molar-refractivity contribution in [1.29, 1.82) is 0 Å². The van der Waals surface area contributed by atoms with Gasteiger partial charge in [0.05, 0.1) is 0 Å². The third kappa shape index (κ3) is 2.91. The van der Waals surface area contributed by atoms with Gasteiger partial charge in [-0.15, -0.1) is 10.2 Å². The molecule has 1 aromatic heterocycles. The van der Waals surface area contributed by atoms with E-state index in [1.54, 1.807) is 12.2 Å². The molecule has 0 atom stereocenters. The molecule has 0 unspecified atom stereocenters. The van der Waals surface area contributed by atoms with E-state index in [0.717, 1.165) is 50.5 Å². The molecule has 2 aliphatic heterocycles. The van der Waals surface area contributed by atoms with E-state index < -0.39 is 0 Å². The van der Waals surface area contributed by atoms with Crippen LogP contribution < -0.4 is 0 Å². The van der Waals surface area contributed by atoms with Gasteiger partial charge in [0.1, 0.15) is 11.6 Å². The maximum Gasteiger partial charge on any atom is 0.246 e. The van der Waals surface area contributed by atoms with Gasteiger partial charge in [-0.2, -0.15) is 0 Å². The summed E-state index contributed by atoms with van der Waals surface area (Å²) < 4.78 is 2.29. The first-order valence-electron chi connectivity index (χ1n) is 7.80. The highest BCUT2D eigenvalue weighted by molar-refractivity contribution is 5.87. The van der Waals surface area contributed by atoms with Crippen molar-refractivity contribution in [3.8, 4) is 0 Å². The Balaban J connectivity index is 1.59. The summed E-state index contributed by atoms with van der Waals surface area (Å²) in [5.41, 5.74) is 0. The normalized spacial score (nSPS) is 19.8. The monoisotopic (exact) mass is 286 g/mol. The molecule has 1 aromatic rings. The Morgan fingerprint density at radius 2 is 2.00 bits per heavy atom. The molecular weight excluding hydrogens is 264 g/mol. The lowest BCUT2D eigenvalue weighted by Crippen LogP contribution is -2.37. The highest BCUT2D eigenvalue weighted by Gasteiger charge is 2.28. The molecule has 2 aliphatic rings. The van der Waals surface area contributed by atoms with Gasteiger partial charge in [0.15, 0.2) is 0 Å². The maximum absolute atomic E-state index is 12.0. The van der Waals surface area contributed by atoms with Crippen molar-refractivity contribution in [2.24, 2.45) is 0 Å². The van der Waals surface area contributed by atoms with Gasteiger partial charge in [-0.25, -0.2) is 0 Å². The van der Waals surface area contributed by atoms with Gasteiger partial charge in [0.25, 0.3) is 0 Å². The summed E-state index contributed by atoms with van der Waals surface area (Å²) in [5, 5.41) is 8.67. The Kier molecular flexibility index (Phi) is 4.18. The number of aryl methyl sites for hydroxylation is 1. The second-order valence-corrected chi connectivity index (χ2v) is 5.71. The van der Waals surface area contributed by atoms with E-state index >= 15 is 0 Å². The zero-order valence-electron chi connectivity index (χ0n) is 12.5. The maximum atomic E-state index is 12.0. The third-order valence-corrected chi connectivity index (χ3v) is 4.35. The predicted molar refractivity (Wildman–Crippen MR) is 80.9 cm³/mol. The van der Waals surface area contributed by atoms with E-state index in [0.29, 0.717) is 5.92 Å². The summed E-state index contributed by atoms with van der Waals surface area (Å²) in [6, 6.07) is 0. The van der Waals surface area contributed by atoms with Crippen molar-refractivity contribution >= 4 is 5.91 Å². The second-order valence-electron chi connectivity index (χ2n) is 5.71. The number of piperidine rings is 1. The van der Waals surface area contributed by atoms with Crippen molar-refractivity contribution < 1.29 is 4.79 Å². The number of nitrogens with zero attached hydrogens (tertiary/aromatic N) is 4. The van der Waals surface area contributed by atoms with Gasteiger partial charge in [0.2, 0.25) is 5.91 Å². The van der Waals surface area contributed by atoms with E-state index in [4.69, 9.17) is 0 Å². The SMILES string of the molecule is CC=CC=CC(=O)N1CCC(c2nnc3n2CCC3)CC1. The summed E-state index contributed by atoms with van der Waals surface area (Å²) >= 11 is 0. The fraction of sp³-hybridized carbons (Fsp3) is 0.562. The van der Waals surface area contributed by atoms with Crippen LogP contribution in [-0.2, 0) is 17.8 Å². The van der Waals surface area contributed by atoms with E-state index in [2.05, 4.69) is 14.8 Å². The lowest BCUT2D eigenvalue weighted by Gasteiger charge is -2.30. The summed E-state index contributed by atoms with van der Waals surface area (Å²) in [6.07, 6.45) is 11.5. The molecule has 0 spiro atoms. The summed E-state index contributed by atoms with van der Waals surface area (Å²) in [4.78, 5) is 14.0. The van der Waals surface area contributed by atoms with Crippen LogP contribution in [0.3, 0.4) is 0 Å². The number of likely N-dealkylation sites (tertiary alicyclic amines) is 1. The minimum atomic E-state index is 0.109. The summed E-state index contributed by atoms with van der Waals surface area (Å²) in [6.45, 7) is 4.62. The van der Waals surface area contributed by atoms with Crippen molar-refractivity contribution in [1.82, 2.24) is 19.7 Å². The Morgan fingerprint density at radius 3 is 2.76 bits per heavy atom. The molecule has 21 heavy (non-hydrogen) atoms. The lowest BCUT2D eigenvalue weighted by atomic mass is 9.96. The number of carbonyl (C=O) groups excluding carboxylic acids is 1. The first-order chi connectivity index (χ1) is 10.3. The Hall–Kier alpha value is -1.91. The van der Waals surface area contributed by atoms with Crippen molar-refractivity contribution in [2.75, 3.05) is 13.1 Å². The standard InChI is InChI=1S/C16H22N4O/c1-2-3-4-7-15(21)19-11-8-13(9-12-19)16-18-17-14-6-5-10-20(14)16/h2-4,7,13H,5-6,8-12H2,1H3. The molecule has 0 N–H and O–H groups in total. The molecule has 3 rings (SSSR count). The molecule has 0 radical (unpaired) electrons. The number of fused-ring (bicyclic) bond motifs is 1. The molecule has 0 saturated carbocycles. The van der Waals surface area contributed by atoms with Crippen LogP contribution in [0.2, 0.25) is 0 Å². The van der Waals surface area contributed by atoms with Gasteiger partial charge >= 0.3 is 0 Å². The lowest BCUT2D eigenvalue weighted by molar-refractivity contribution is -0.127. The Labute approximate surface area is 125 Å². The minimum absolute atomic E-state index is 0.109. The topological polar surface area (TPSA) is 51.0 Å². The first kappa shape index (κ1) is 14.0. The van der Waals surface area contributed by atoms with Crippen LogP contribution in [0, 0.1) is 0 Å². The molecule has 0 aliphatic carbocycles. The van der Waals surface area contributed by atoms with Crippen LogP contribution in [0.5, 0.6) is 0 Å². The van der Waals surface area contributed by atoms with Crippen LogP contribution in [0.1, 0.15) is 43.8 Å². The van der Waals surface area contributed by atoms with Gasteiger partial charge in [-0.3, -0.25) is 4.79 Å². The average Bonchev–Trinajstić information content (AvgIpc) is 3.10. The zero-order valence-corrected chi connectivity index (χ0v) is 12.5. The molecular formula is C16H22N4O. The van der Waals surface area contributed by atoms with Gasteiger partial charge in [-0.1, -0.05) is 18.2 Å². The largest absolute Gasteiger partial charge is 0.339 e. The Bertz CT molecular complexity index is 565. The van der Waals surface area contributed by atoms with Crippen LogP contribution >= 0.6 is 0 Å². The van der Waals surface area contributed by atoms with Gasteiger partial charge < -0.3 is 9.47 Å². The fourth-order valence-corrected chi connectivity index (χ4v) is 3.19. The summed E-state index contributed by atoms with van der Waals surface area (Å²) in [7, 11) is 0. The first-order valence-corrected chi connectivity index (χ1v) is 7.80. The number of aromatic nitrogens is 3. The molecule has 1 saturated heterocycles. The van der Waals surface area contributed by atoms with E-state index in [1.165, 1.54) is 6.42 Å². The van der Waals surface area contributed by atoms with E-state index in [-0.39, 0.29) is 5.91 Å². The third-order valence-electron chi connectivity index (χ3n) is 4.35. The quantitative estimate of drug-likeness (QED) is 0.631. The van der Waals surface area contributed by atoms with Gasteiger partial charge in [0, 0.05) is 38.0 Å². The molecule has 3 heterocycles. The molecule has 5 heteroatoms. The number of hydrogen-bond acceptors (Lipinski definition) is 3. The zero-order chi connectivity index (χ0) is 14.7. The van der Waals surface area contributed by atoms with Crippen molar-refractivity contribution in [3.63, 3.8) is 0 Å². The number of hydrogen-bond donors (Lipinski definition) is 0. The van der Waals surface area contributed by atoms with E-state index in [1.807, 2.05) is 24.0 Å². The average molecular weight is 286 g/mol. The second kappa shape index (κ2) is 6.24. The Morgan fingerprint density at radius 1 is 1.19 bits per heavy atom. The van der Waals surface area contributed by atoms with Crippen LogP contribution in [-0.4, -0.2) is 38.7 Å². The molecule has 0 aromatic carbocycles. The van der Waals surface area contributed by atoms with Gasteiger partial charge in [-0.05, 0) is 26.2 Å². The number of rotatable bonds is 3. The van der Waals surface area contributed by atoms with Crippen LogP contribution in [0.15, 0.2) is 24.3 Å². The predicted octanol–water partition coefficient (Wildman–Crippen LogP) is 2.06. The highest BCUT2D eigenvalue weighted by atomic mass is 16.2. The molecule has 0 bridgehead atoms. The molecule has 5 nitrogen and oxygen atoms in total. The molecule has 1 fully saturated rings. The van der Waals surface area contributed by atoms with Crippen molar-refractivity contribution in [3.05, 3.63) is 36.0 Å². The van der Waals surface area contributed by atoms with Crippen molar-refractivity contribution in [2.45, 2.75) is 45.1 Å².